The lowest BCUT2D eigenvalue weighted by atomic mass is 10.3. The summed E-state index contributed by atoms with van der Waals surface area (Å²) in [5.41, 5.74) is 3.82. The lowest BCUT2D eigenvalue weighted by Crippen LogP contribution is -2.36. The number of fused-ring (bicyclic) bond motifs is 1. The van der Waals surface area contributed by atoms with Gasteiger partial charge in [0, 0.05) is 31.9 Å². The first-order chi connectivity index (χ1) is 10.1. The molecule has 1 saturated heterocycles. The molecule has 21 heavy (non-hydrogen) atoms. The van der Waals surface area contributed by atoms with Crippen LogP contribution < -0.4 is 4.90 Å². The van der Waals surface area contributed by atoms with Gasteiger partial charge in [-0.25, -0.2) is 4.98 Å². The highest BCUT2D eigenvalue weighted by atomic mass is 16.5. The number of aryl methyl sites for hydroxylation is 1. The molecule has 0 spiro atoms. The second-order valence-electron chi connectivity index (χ2n) is 5.14. The van der Waals surface area contributed by atoms with E-state index in [0.717, 1.165) is 49.0 Å². The van der Waals surface area contributed by atoms with Gasteiger partial charge in [-0.3, -0.25) is 4.79 Å². The summed E-state index contributed by atoms with van der Waals surface area (Å²) in [5.74, 6) is -0.291. The molecule has 0 aromatic carbocycles. The molecule has 0 N–H and O–H groups in total. The maximum absolute atomic E-state index is 10.9. The van der Waals surface area contributed by atoms with E-state index in [1.807, 2.05) is 17.4 Å². The molecule has 3 heterocycles. The van der Waals surface area contributed by atoms with E-state index in [4.69, 9.17) is 9.47 Å². The van der Waals surface area contributed by atoms with Crippen molar-refractivity contribution in [3.63, 3.8) is 0 Å². The fraction of sp³-hybridized carbons (Fsp3) is 0.467. The Kier molecular flexibility index (Phi) is 3.79. The molecule has 0 aliphatic carbocycles. The molecular weight excluding hydrogens is 270 g/mol. The van der Waals surface area contributed by atoms with Crippen LogP contribution >= 0.6 is 0 Å². The summed E-state index contributed by atoms with van der Waals surface area (Å²) in [6.45, 7) is 6.94. The van der Waals surface area contributed by atoms with E-state index in [9.17, 15) is 4.79 Å². The third-order valence-corrected chi connectivity index (χ3v) is 3.73. The zero-order chi connectivity index (χ0) is 14.8. The van der Waals surface area contributed by atoms with E-state index in [1.165, 1.54) is 6.92 Å². The lowest BCUT2D eigenvalue weighted by molar-refractivity contribution is -0.142. The molecule has 0 radical (unpaired) electrons. The van der Waals surface area contributed by atoms with Crippen LogP contribution in [0.15, 0.2) is 18.3 Å². The summed E-state index contributed by atoms with van der Waals surface area (Å²) < 4.78 is 12.5. The average molecular weight is 289 g/mol. The first kappa shape index (κ1) is 13.9. The number of anilines is 1. The predicted molar refractivity (Wildman–Crippen MR) is 78.4 cm³/mol. The molecule has 6 nitrogen and oxygen atoms in total. The normalized spacial score (nSPS) is 15.4. The van der Waals surface area contributed by atoms with Crippen LogP contribution in [0.5, 0.6) is 0 Å². The van der Waals surface area contributed by atoms with Crippen molar-refractivity contribution in [2.45, 2.75) is 20.5 Å². The highest BCUT2D eigenvalue weighted by Gasteiger charge is 2.14. The van der Waals surface area contributed by atoms with E-state index in [1.54, 1.807) is 0 Å². The van der Waals surface area contributed by atoms with Crippen molar-refractivity contribution >= 4 is 17.3 Å². The molecule has 6 heteroatoms. The molecule has 2 aromatic heterocycles. The van der Waals surface area contributed by atoms with Crippen LogP contribution in [0.2, 0.25) is 0 Å². The summed E-state index contributed by atoms with van der Waals surface area (Å²) in [5, 5.41) is 0. The Balaban J connectivity index is 1.89. The number of ether oxygens (including phenoxy) is 2. The first-order valence-corrected chi connectivity index (χ1v) is 7.09. The Hall–Kier alpha value is -2.08. The minimum atomic E-state index is -0.291. The van der Waals surface area contributed by atoms with Gasteiger partial charge in [0.1, 0.15) is 12.3 Å². The summed E-state index contributed by atoms with van der Waals surface area (Å²) in [7, 11) is 0. The molecule has 1 fully saturated rings. The zero-order valence-corrected chi connectivity index (χ0v) is 12.3. The Morgan fingerprint density at radius 1 is 1.38 bits per heavy atom. The van der Waals surface area contributed by atoms with Crippen molar-refractivity contribution in [2.75, 3.05) is 31.2 Å². The number of morpholine rings is 1. The van der Waals surface area contributed by atoms with Crippen molar-refractivity contribution in [1.82, 2.24) is 9.38 Å². The maximum Gasteiger partial charge on any atom is 0.303 e. The van der Waals surface area contributed by atoms with Gasteiger partial charge in [0.05, 0.1) is 24.6 Å². The van der Waals surface area contributed by atoms with Crippen molar-refractivity contribution in [2.24, 2.45) is 0 Å². The highest BCUT2D eigenvalue weighted by Crippen LogP contribution is 2.20. The van der Waals surface area contributed by atoms with Gasteiger partial charge in [0.25, 0.3) is 0 Å². The van der Waals surface area contributed by atoms with Crippen LogP contribution in [0.25, 0.3) is 5.65 Å². The summed E-state index contributed by atoms with van der Waals surface area (Å²) in [4.78, 5) is 17.7. The molecule has 0 amide bonds. The average Bonchev–Trinajstić information content (AvgIpc) is 2.82. The van der Waals surface area contributed by atoms with Gasteiger partial charge in [-0.1, -0.05) is 0 Å². The van der Waals surface area contributed by atoms with Crippen LogP contribution in [0, 0.1) is 6.92 Å². The van der Waals surface area contributed by atoms with E-state index in [2.05, 4.69) is 22.1 Å². The zero-order valence-electron chi connectivity index (χ0n) is 12.3. The topological polar surface area (TPSA) is 56.1 Å². The Morgan fingerprint density at radius 3 is 2.86 bits per heavy atom. The summed E-state index contributed by atoms with van der Waals surface area (Å²) in [6.07, 6.45) is 2.08. The number of pyridine rings is 1. The molecule has 112 valence electrons. The second kappa shape index (κ2) is 5.73. The quantitative estimate of drug-likeness (QED) is 0.802. The summed E-state index contributed by atoms with van der Waals surface area (Å²) in [6, 6.07) is 4.07. The smallest absolute Gasteiger partial charge is 0.303 e. The summed E-state index contributed by atoms with van der Waals surface area (Å²) >= 11 is 0. The van der Waals surface area contributed by atoms with Gasteiger partial charge in [-0.05, 0) is 19.1 Å². The highest BCUT2D eigenvalue weighted by molar-refractivity contribution is 5.66. The van der Waals surface area contributed by atoms with Crippen molar-refractivity contribution in [3.8, 4) is 0 Å². The van der Waals surface area contributed by atoms with Gasteiger partial charge >= 0.3 is 5.97 Å². The largest absolute Gasteiger partial charge is 0.459 e. The van der Waals surface area contributed by atoms with Crippen LogP contribution in [-0.2, 0) is 20.9 Å². The molecule has 0 bridgehead atoms. The fourth-order valence-electron chi connectivity index (χ4n) is 2.51. The number of rotatable bonds is 3. The molecule has 1 aliphatic rings. The number of aromatic nitrogens is 2. The SMILES string of the molecule is CC(=O)OCc1nc2ccc(N3CCOCC3)cn2c1C. The monoisotopic (exact) mass is 289 g/mol. The van der Waals surface area contributed by atoms with Crippen molar-refractivity contribution in [3.05, 3.63) is 29.7 Å². The molecule has 0 atom stereocenters. The molecule has 3 rings (SSSR count). The first-order valence-electron chi connectivity index (χ1n) is 7.09. The molecule has 0 saturated carbocycles. The molecule has 0 unspecified atom stereocenters. The van der Waals surface area contributed by atoms with Gasteiger partial charge < -0.3 is 18.8 Å². The molecular formula is C15H19N3O3. The third kappa shape index (κ3) is 2.85. The Morgan fingerprint density at radius 2 is 2.14 bits per heavy atom. The van der Waals surface area contributed by atoms with Crippen LogP contribution in [0.1, 0.15) is 18.3 Å². The standard InChI is InChI=1S/C15H19N3O3/c1-11-14(10-21-12(2)19)16-15-4-3-13(9-18(11)15)17-5-7-20-8-6-17/h3-4,9H,5-8,10H2,1-2H3. The number of esters is 1. The van der Waals surface area contributed by atoms with Gasteiger partial charge in [0.15, 0.2) is 0 Å². The Labute approximate surface area is 123 Å². The lowest BCUT2D eigenvalue weighted by Gasteiger charge is -2.28. The van der Waals surface area contributed by atoms with Crippen LogP contribution in [0.3, 0.4) is 0 Å². The number of carbonyl (C=O) groups is 1. The number of carbonyl (C=O) groups excluding carboxylic acids is 1. The van der Waals surface area contributed by atoms with Gasteiger partial charge in [-0.2, -0.15) is 0 Å². The van der Waals surface area contributed by atoms with Gasteiger partial charge in [0.2, 0.25) is 0 Å². The van der Waals surface area contributed by atoms with Crippen LogP contribution in [-0.4, -0.2) is 41.7 Å². The minimum absolute atomic E-state index is 0.218. The number of nitrogens with zero attached hydrogens (tertiary/aromatic N) is 3. The minimum Gasteiger partial charge on any atom is -0.459 e. The fourth-order valence-corrected chi connectivity index (χ4v) is 2.51. The van der Waals surface area contributed by atoms with E-state index >= 15 is 0 Å². The predicted octanol–water partition coefficient (Wildman–Crippen LogP) is 1.54. The number of hydrogen-bond acceptors (Lipinski definition) is 5. The number of hydrogen-bond donors (Lipinski definition) is 0. The van der Waals surface area contributed by atoms with E-state index < -0.39 is 0 Å². The van der Waals surface area contributed by atoms with Crippen molar-refractivity contribution in [1.29, 1.82) is 0 Å². The van der Waals surface area contributed by atoms with E-state index in [-0.39, 0.29) is 12.6 Å². The molecule has 2 aromatic rings. The molecule has 1 aliphatic heterocycles. The maximum atomic E-state index is 10.9. The Bertz CT molecular complexity index is 659. The van der Waals surface area contributed by atoms with Crippen molar-refractivity contribution < 1.29 is 14.3 Å². The third-order valence-electron chi connectivity index (χ3n) is 3.73. The van der Waals surface area contributed by atoms with Gasteiger partial charge in [-0.15, -0.1) is 0 Å². The van der Waals surface area contributed by atoms with E-state index in [0.29, 0.717) is 0 Å². The number of imidazole rings is 1. The van der Waals surface area contributed by atoms with Crippen LogP contribution in [0.4, 0.5) is 5.69 Å². The second-order valence-corrected chi connectivity index (χ2v) is 5.14.